The van der Waals surface area contributed by atoms with E-state index in [4.69, 9.17) is 0 Å². The van der Waals surface area contributed by atoms with Gasteiger partial charge in [0.05, 0.1) is 11.3 Å². The van der Waals surface area contributed by atoms with Crippen molar-refractivity contribution in [3.8, 4) is 0 Å². The van der Waals surface area contributed by atoms with Gasteiger partial charge in [-0.3, -0.25) is 4.68 Å². The molecule has 66 valence electrons. The predicted molar refractivity (Wildman–Crippen MR) is 45.8 cm³/mol. The van der Waals surface area contributed by atoms with Crippen LogP contribution >= 0.6 is 0 Å². The average Bonchev–Trinajstić information content (AvgIpc) is 2.58. The highest BCUT2D eigenvalue weighted by Gasteiger charge is 2.41. The SMILES string of the molecule is Cc1cn(C)nc1CC1(O)CC1. The first-order valence-corrected chi connectivity index (χ1v) is 4.31. The van der Waals surface area contributed by atoms with E-state index in [0.717, 1.165) is 25.0 Å². The van der Waals surface area contributed by atoms with Gasteiger partial charge in [-0.05, 0) is 25.3 Å². The number of nitrogens with zero attached hydrogens (tertiary/aromatic N) is 2. The summed E-state index contributed by atoms with van der Waals surface area (Å²) in [6, 6.07) is 0. The number of aromatic nitrogens is 2. The van der Waals surface area contributed by atoms with E-state index in [9.17, 15) is 5.11 Å². The molecule has 1 heterocycles. The van der Waals surface area contributed by atoms with Gasteiger partial charge >= 0.3 is 0 Å². The van der Waals surface area contributed by atoms with Gasteiger partial charge in [-0.2, -0.15) is 5.10 Å². The summed E-state index contributed by atoms with van der Waals surface area (Å²) in [6.45, 7) is 2.04. The standard InChI is InChI=1S/C9H14N2O/c1-7-6-11(2)10-8(7)5-9(12)3-4-9/h6,12H,3-5H2,1-2H3. The molecule has 12 heavy (non-hydrogen) atoms. The van der Waals surface area contributed by atoms with Gasteiger partial charge in [-0.1, -0.05) is 0 Å². The first-order chi connectivity index (χ1) is 5.59. The number of aryl methyl sites for hydroxylation is 2. The molecule has 1 aromatic rings. The van der Waals surface area contributed by atoms with Crippen LogP contribution < -0.4 is 0 Å². The highest BCUT2D eigenvalue weighted by molar-refractivity contribution is 5.19. The minimum absolute atomic E-state index is 0.418. The first-order valence-electron chi connectivity index (χ1n) is 4.31. The van der Waals surface area contributed by atoms with Crippen LogP contribution in [0.25, 0.3) is 0 Å². The van der Waals surface area contributed by atoms with E-state index in [2.05, 4.69) is 5.10 Å². The number of aliphatic hydroxyl groups is 1. The van der Waals surface area contributed by atoms with Crippen LogP contribution in [0, 0.1) is 6.92 Å². The van der Waals surface area contributed by atoms with Gasteiger partial charge < -0.3 is 5.11 Å². The van der Waals surface area contributed by atoms with Crippen molar-refractivity contribution in [2.75, 3.05) is 0 Å². The molecule has 1 aliphatic carbocycles. The summed E-state index contributed by atoms with van der Waals surface area (Å²) in [5, 5.41) is 14.0. The zero-order valence-electron chi connectivity index (χ0n) is 7.54. The molecule has 1 aromatic heterocycles. The van der Waals surface area contributed by atoms with Gasteiger partial charge in [0.15, 0.2) is 0 Å². The zero-order chi connectivity index (χ0) is 8.77. The smallest absolute Gasteiger partial charge is 0.0706 e. The molecule has 3 nitrogen and oxygen atoms in total. The first kappa shape index (κ1) is 7.80. The van der Waals surface area contributed by atoms with Gasteiger partial charge in [-0.15, -0.1) is 0 Å². The highest BCUT2D eigenvalue weighted by Crippen LogP contribution is 2.38. The van der Waals surface area contributed by atoms with Crippen LogP contribution in [0.5, 0.6) is 0 Å². The zero-order valence-corrected chi connectivity index (χ0v) is 7.54. The molecule has 1 fully saturated rings. The predicted octanol–water partition coefficient (Wildman–Crippen LogP) is 0.796. The molecule has 1 saturated carbocycles. The van der Waals surface area contributed by atoms with E-state index >= 15 is 0 Å². The third-order valence-electron chi connectivity index (χ3n) is 2.44. The average molecular weight is 166 g/mol. The number of hydrogen-bond acceptors (Lipinski definition) is 2. The molecule has 0 aromatic carbocycles. The lowest BCUT2D eigenvalue weighted by molar-refractivity contribution is 0.149. The van der Waals surface area contributed by atoms with Crippen LogP contribution in [-0.4, -0.2) is 20.5 Å². The molecule has 0 amide bonds. The molecule has 3 heteroatoms. The molecule has 0 bridgehead atoms. The molecular weight excluding hydrogens is 152 g/mol. The van der Waals surface area contributed by atoms with Gasteiger partial charge in [0, 0.05) is 19.7 Å². The molecule has 1 aliphatic rings. The van der Waals surface area contributed by atoms with Crippen LogP contribution in [0.3, 0.4) is 0 Å². The molecule has 0 unspecified atom stereocenters. The van der Waals surface area contributed by atoms with Crippen LogP contribution in [0.15, 0.2) is 6.20 Å². The number of rotatable bonds is 2. The van der Waals surface area contributed by atoms with Crippen molar-refractivity contribution in [2.45, 2.75) is 31.8 Å². The van der Waals surface area contributed by atoms with Crippen molar-refractivity contribution in [3.05, 3.63) is 17.5 Å². The summed E-state index contributed by atoms with van der Waals surface area (Å²) in [4.78, 5) is 0. The molecule has 0 spiro atoms. The maximum absolute atomic E-state index is 9.67. The Morgan fingerprint density at radius 3 is 2.75 bits per heavy atom. The lowest BCUT2D eigenvalue weighted by atomic mass is 10.1. The molecule has 2 rings (SSSR count). The minimum Gasteiger partial charge on any atom is -0.389 e. The van der Waals surface area contributed by atoms with E-state index in [0.29, 0.717) is 0 Å². The molecule has 0 atom stereocenters. The Bertz CT molecular complexity index is 299. The van der Waals surface area contributed by atoms with Crippen LogP contribution in [-0.2, 0) is 13.5 Å². The second-order valence-electron chi connectivity index (χ2n) is 3.83. The Morgan fingerprint density at radius 1 is 1.67 bits per heavy atom. The lowest BCUT2D eigenvalue weighted by Crippen LogP contribution is -2.12. The molecule has 0 radical (unpaired) electrons. The summed E-state index contributed by atoms with van der Waals surface area (Å²) < 4.78 is 1.80. The Balaban J connectivity index is 2.17. The topological polar surface area (TPSA) is 38.0 Å². The van der Waals surface area contributed by atoms with Crippen molar-refractivity contribution in [1.82, 2.24) is 9.78 Å². The van der Waals surface area contributed by atoms with Crippen molar-refractivity contribution >= 4 is 0 Å². The summed E-state index contributed by atoms with van der Waals surface area (Å²) >= 11 is 0. The largest absolute Gasteiger partial charge is 0.389 e. The second kappa shape index (κ2) is 2.33. The van der Waals surface area contributed by atoms with Crippen LogP contribution in [0.4, 0.5) is 0 Å². The Hall–Kier alpha value is -0.830. The summed E-state index contributed by atoms with van der Waals surface area (Å²) in [5.41, 5.74) is 1.80. The van der Waals surface area contributed by atoms with Crippen molar-refractivity contribution < 1.29 is 5.11 Å². The maximum Gasteiger partial charge on any atom is 0.0706 e. The fourth-order valence-electron chi connectivity index (χ4n) is 1.46. The van der Waals surface area contributed by atoms with Gasteiger partial charge in [0.1, 0.15) is 0 Å². The highest BCUT2D eigenvalue weighted by atomic mass is 16.3. The monoisotopic (exact) mass is 166 g/mol. The Labute approximate surface area is 72.0 Å². The maximum atomic E-state index is 9.67. The van der Waals surface area contributed by atoms with Gasteiger partial charge in [0.25, 0.3) is 0 Å². The van der Waals surface area contributed by atoms with E-state index in [1.54, 1.807) is 4.68 Å². The molecular formula is C9H14N2O. The normalized spacial score (nSPS) is 19.6. The van der Waals surface area contributed by atoms with Crippen LogP contribution in [0.1, 0.15) is 24.1 Å². The molecule has 1 N–H and O–H groups in total. The fraction of sp³-hybridized carbons (Fsp3) is 0.667. The van der Waals surface area contributed by atoms with Crippen molar-refractivity contribution in [1.29, 1.82) is 0 Å². The summed E-state index contributed by atoms with van der Waals surface area (Å²) in [6.07, 6.45) is 4.58. The third kappa shape index (κ3) is 1.37. The fourth-order valence-corrected chi connectivity index (χ4v) is 1.46. The Kier molecular flexibility index (Phi) is 1.51. The van der Waals surface area contributed by atoms with Gasteiger partial charge in [-0.25, -0.2) is 0 Å². The molecule has 0 saturated heterocycles. The summed E-state index contributed by atoms with van der Waals surface area (Å²) in [7, 11) is 1.91. The quantitative estimate of drug-likeness (QED) is 0.705. The van der Waals surface area contributed by atoms with Crippen molar-refractivity contribution in [2.24, 2.45) is 7.05 Å². The molecule has 0 aliphatic heterocycles. The second-order valence-corrected chi connectivity index (χ2v) is 3.83. The minimum atomic E-state index is -0.418. The lowest BCUT2D eigenvalue weighted by Gasteiger charge is -2.04. The van der Waals surface area contributed by atoms with E-state index in [1.165, 1.54) is 5.56 Å². The van der Waals surface area contributed by atoms with E-state index in [1.807, 2.05) is 20.2 Å². The van der Waals surface area contributed by atoms with E-state index < -0.39 is 5.60 Å². The third-order valence-corrected chi connectivity index (χ3v) is 2.44. The van der Waals surface area contributed by atoms with Crippen LogP contribution in [0.2, 0.25) is 0 Å². The van der Waals surface area contributed by atoms with Crippen molar-refractivity contribution in [3.63, 3.8) is 0 Å². The number of hydrogen-bond donors (Lipinski definition) is 1. The Morgan fingerprint density at radius 2 is 2.33 bits per heavy atom. The van der Waals surface area contributed by atoms with Gasteiger partial charge in [0.2, 0.25) is 0 Å². The van der Waals surface area contributed by atoms with E-state index in [-0.39, 0.29) is 0 Å². The summed E-state index contributed by atoms with van der Waals surface area (Å²) in [5.74, 6) is 0.